The molecule has 1 N–H and O–H groups in total. The van der Waals surface area contributed by atoms with E-state index in [1.807, 2.05) is 36.0 Å². The number of hydrogen-bond acceptors (Lipinski definition) is 3. The van der Waals surface area contributed by atoms with Gasteiger partial charge in [-0.3, -0.25) is 9.69 Å². The summed E-state index contributed by atoms with van der Waals surface area (Å²) in [6.45, 7) is 1.72. The number of rotatable bonds is 4. The number of nitrogens with zero attached hydrogens (tertiary/aromatic N) is 1. The van der Waals surface area contributed by atoms with Gasteiger partial charge in [0.25, 0.3) is 0 Å². The normalized spacial score (nSPS) is 20.8. The van der Waals surface area contributed by atoms with Crippen LogP contribution in [0, 0.1) is 0 Å². The minimum atomic E-state index is -0.724. The van der Waals surface area contributed by atoms with Crippen LogP contribution in [-0.4, -0.2) is 40.1 Å². The molecule has 1 unspecified atom stereocenters. The van der Waals surface area contributed by atoms with Crippen LogP contribution in [0.1, 0.15) is 12.0 Å². The fourth-order valence-corrected chi connectivity index (χ4v) is 3.50. The van der Waals surface area contributed by atoms with Crippen LogP contribution >= 0.6 is 23.4 Å². The van der Waals surface area contributed by atoms with E-state index in [1.165, 1.54) is 0 Å². The van der Waals surface area contributed by atoms with E-state index in [2.05, 4.69) is 4.90 Å². The van der Waals surface area contributed by atoms with E-state index in [0.717, 1.165) is 35.2 Å². The highest BCUT2D eigenvalue weighted by atomic mass is 35.5. The molecule has 1 aromatic carbocycles. The van der Waals surface area contributed by atoms with E-state index in [1.54, 1.807) is 0 Å². The molecule has 2 rings (SSSR count). The third kappa shape index (κ3) is 3.90. The van der Waals surface area contributed by atoms with Crippen LogP contribution in [0.3, 0.4) is 0 Å². The SMILES string of the molecule is O=C(O)CC1CSCCN1Cc1cccc(Cl)c1. The maximum Gasteiger partial charge on any atom is 0.304 e. The fraction of sp³-hybridized carbons (Fsp3) is 0.462. The van der Waals surface area contributed by atoms with Gasteiger partial charge in [-0.2, -0.15) is 11.8 Å². The number of benzene rings is 1. The van der Waals surface area contributed by atoms with Crippen LogP contribution in [0.4, 0.5) is 0 Å². The number of aliphatic carboxylic acids is 1. The zero-order valence-corrected chi connectivity index (χ0v) is 11.6. The van der Waals surface area contributed by atoms with E-state index in [0.29, 0.717) is 0 Å². The Morgan fingerprint density at radius 2 is 2.39 bits per heavy atom. The summed E-state index contributed by atoms with van der Waals surface area (Å²) in [7, 11) is 0. The molecule has 1 heterocycles. The van der Waals surface area contributed by atoms with Crippen molar-refractivity contribution in [2.45, 2.75) is 19.0 Å². The van der Waals surface area contributed by atoms with Crippen molar-refractivity contribution in [2.24, 2.45) is 0 Å². The fourth-order valence-electron chi connectivity index (χ4n) is 2.16. The summed E-state index contributed by atoms with van der Waals surface area (Å²) in [6, 6.07) is 7.89. The summed E-state index contributed by atoms with van der Waals surface area (Å²) in [5, 5.41) is 9.67. The molecule has 1 aliphatic heterocycles. The van der Waals surface area contributed by atoms with Gasteiger partial charge in [0.15, 0.2) is 0 Å². The van der Waals surface area contributed by atoms with Gasteiger partial charge in [-0.15, -0.1) is 0 Å². The summed E-state index contributed by atoms with van der Waals surface area (Å²) in [4.78, 5) is 13.1. The first-order valence-corrected chi connectivity index (χ1v) is 7.46. The Morgan fingerprint density at radius 1 is 1.56 bits per heavy atom. The van der Waals surface area contributed by atoms with Gasteiger partial charge in [0.05, 0.1) is 6.42 Å². The molecule has 0 radical (unpaired) electrons. The van der Waals surface area contributed by atoms with E-state index in [-0.39, 0.29) is 12.5 Å². The number of hydrogen-bond donors (Lipinski definition) is 1. The lowest BCUT2D eigenvalue weighted by Gasteiger charge is -2.34. The first-order valence-electron chi connectivity index (χ1n) is 5.93. The predicted octanol–water partition coefficient (Wildman–Crippen LogP) is 2.73. The van der Waals surface area contributed by atoms with Crippen molar-refractivity contribution in [3.8, 4) is 0 Å². The van der Waals surface area contributed by atoms with Crippen LogP contribution in [0.25, 0.3) is 0 Å². The van der Waals surface area contributed by atoms with Gasteiger partial charge in [-0.05, 0) is 17.7 Å². The lowest BCUT2D eigenvalue weighted by molar-refractivity contribution is -0.138. The van der Waals surface area contributed by atoms with Crippen molar-refractivity contribution < 1.29 is 9.90 Å². The van der Waals surface area contributed by atoms with E-state index in [4.69, 9.17) is 16.7 Å². The van der Waals surface area contributed by atoms with Crippen molar-refractivity contribution in [3.05, 3.63) is 34.9 Å². The van der Waals surface area contributed by atoms with Crippen molar-refractivity contribution >= 4 is 29.3 Å². The maximum atomic E-state index is 10.9. The molecule has 0 saturated carbocycles. The Morgan fingerprint density at radius 3 is 3.11 bits per heavy atom. The van der Waals surface area contributed by atoms with Crippen molar-refractivity contribution in [1.82, 2.24) is 4.90 Å². The van der Waals surface area contributed by atoms with Crippen LogP contribution in [0.5, 0.6) is 0 Å². The van der Waals surface area contributed by atoms with Crippen LogP contribution < -0.4 is 0 Å². The first kappa shape index (κ1) is 13.7. The quantitative estimate of drug-likeness (QED) is 0.923. The van der Waals surface area contributed by atoms with Gasteiger partial charge in [0, 0.05) is 35.7 Å². The van der Waals surface area contributed by atoms with Gasteiger partial charge in [0.2, 0.25) is 0 Å². The lowest BCUT2D eigenvalue weighted by atomic mass is 10.1. The smallest absolute Gasteiger partial charge is 0.304 e. The average Bonchev–Trinajstić information content (AvgIpc) is 2.31. The lowest BCUT2D eigenvalue weighted by Crippen LogP contribution is -2.42. The first-order chi connectivity index (χ1) is 8.65. The van der Waals surface area contributed by atoms with Crippen LogP contribution in [0.2, 0.25) is 5.02 Å². The molecule has 1 fully saturated rings. The molecule has 1 aromatic rings. The second-order valence-electron chi connectivity index (χ2n) is 4.43. The topological polar surface area (TPSA) is 40.5 Å². The number of carboxylic acid groups (broad SMARTS) is 1. The van der Waals surface area contributed by atoms with Gasteiger partial charge in [-0.1, -0.05) is 23.7 Å². The third-order valence-electron chi connectivity index (χ3n) is 3.03. The van der Waals surface area contributed by atoms with Crippen molar-refractivity contribution in [2.75, 3.05) is 18.1 Å². The molecule has 0 aliphatic carbocycles. The Hall–Kier alpha value is -0.710. The highest BCUT2D eigenvalue weighted by Crippen LogP contribution is 2.22. The summed E-state index contributed by atoms with van der Waals surface area (Å²) >= 11 is 7.80. The van der Waals surface area contributed by atoms with Gasteiger partial charge in [0.1, 0.15) is 0 Å². The Bertz CT molecular complexity index is 427. The van der Waals surface area contributed by atoms with Gasteiger partial charge < -0.3 is 5.11 Å². The molecule has 1 aliphatic rings. The second kappa shape index (κ2) is 6.45. The molecule has 0 bridgehead atoms. The second-order valence-corrected chi connectivity index (χ2v) is 6.01. The van der Waals surface area contributed by atoms with Crippen molar-refractivity contribution in [3.63, 3.8) is 0 Å². The molecule has 0 spiro atoms. The maximum absolute atomic E-state index is 10.9. The third-order valence-corrected chi connectivity index (χ3v) is 4.36. The number of thioether (sulfide) groups is 1. The molecule has 3 nitrogen and oxygen atoms in total. The van der Waals surface area contributed by atoms with Gasteiger partial charge in [-0.25, -0.2) is 0 Å². The average molecular weight is 286 g/mol. The Balaban J connectivity index is 2.03. The standard InChI is InChI=1S/C13H16ClNO2S/c14-11-3-1-2-10(6-11)8-15-4-5-18-9-12(15)7-13(16)17/h1-3,6,12H,4-5,7-9H2,(H,16,17). The largest absolute Gasteiger partial charge is 0.481 e. The number of halogens is 1. The summed E-state index contributed by atoms with van der Waals surface area (Å²) in [5.41, 5.74) is 1.14. The zero-order chi connectivity index (χ0) is 13.0. The van der Waals surface area contributed by atoms with E-state index < -0.39 is 5.97 Å². The Kier molecular flexibility index (Phi) is 4.92. The molecule has 18 heavy (non-hydrogen) atoms. The molecule has 1 saturated heterocycles. The minimum Gasteiger partial charge on any atom is -0.481 e. The monoisotopic (exact) mass is 285 g/mol. The number of carbonyl (C=O) groups is 1. The molecule has 98 valence electrons. The molecule has 1 atom stereocenters. The predicted molar refractivity (Wildman–Crippen MR) is 75.2 cm³/mol. The summed E-state index contributed by atoms with van der Waals surface area (Å²) in [6.07, 6.45) is 0.216. The molecule has 5 heteroatoms. The van der Waals surface area contributed by atoms with Crippen molar-refractivity contribution in [1.29, 1.82) is 0 Å². The van der Waals surface area contributed by atoms with Crippen LogP contribution in [-0.2, 0) is 11.3 Å². The molecule has 0 aromatic heterocycles. The highest BCUT2D eigenvalue weighted by molar-refractivity contribution is 7.99. The van der Waals surface area contributed by atoms with Crippen LogP contribution in [0.15, 0.2) is 24.3 Å². The summed E-state index contributed by atoms with van der Waals surface area (Å²) < 4.78 is 0. The molecular formula is C13H16ClNO2S. The summed E-state index contributed by atoms with van der Waals surface area (Å²) in [5.74, 6) is 1.24. The van der Waals surface area contributed by atoms with Gasteiger partial charge >= 0.3 is 5.97 Å². The number of carboxylic acids is 1. The molecular weight excluding hydrogens is 270 g/mol. The molecule has 0 amide bonds. The van der Waals surface area contributed by atoms with E-state index in [9.17, 15) is 4.79 Å². The van der Waals surface area contributed by atoms with E-state index >= 15 is 0 Å². The minimum absolute atomic E-state index is 0.125. The zero-order valence-electron chi connectivity index (χ0n) is 10.0. The Labute approximate surface area is 116 Å². The highest BCUT2D eigenvalue weighted by Gasteiger charge is 2.24.